The van der Waals surface area contributed by atoms with E-state index >= 15 is 0 Å². The molecule has 1 aromatic carbocycles. The number of hydrogen-bond donors (Lipinski definition) is 2. The van der Waals surface area contributed by atoms with E-state index in [1.165, 1.54) is 0 Å². The van der Waals surface area contributed by atoms with Crippen LogP contribution in [0.1, 0.15) is 39.4 Å². The number of fused-ring (bicyclic) bond motifs is 1. The number of aliphatic hydroxyl groups excluding tert-OH is 1. The molecule has 2 rings (SSSR count). The lowest BCUT2D eigenvalue weighted by Crippen LogP contribution is -2.39. The van der Waals surface area contributed by atoms with Crippen molar-refractivity contribution in [1.82, 2.24) is 15.1 Å². The van der Waals surface area contributed by atoms with Crippen molar-refractivity contribution in [2.75, 3.05) is 13.2 Å². The van der Waals surface area contributed by atoms with Gasteiger partial charge in [0.2, 0.25) is 0 Å². The summed E-state index contributed by atoms with van der Waals surface area (Å²) in [5.41, 5.74) is 2.07. The SMILES string of the molecule is C[C@H](NC[C@H](O)c1cccc2c1cnn2COCC[Si](C)(C)C)C(C)(C)C. The number of nitrogens with zero attached hydrogens (tertiary/aromatic N) is 2. The van der Waals surface area contributed by atoms with Gasteiger partial charge in [0.05, 0.1) is 17.8 Å². The molecule has 0 aliphatic rings. The molecule has 0 saturated heterocycles. The third-order valence-electron chi connectivity index (χ3n) is 5.21. The zero-order valence-corrected chi connectivity index (χ0v) is 19.0. The van der Waals surface area contributed by atoms with Gasteiger partial charge in [-0.15, -0.1) is 0 Å². The summed E-state index contributed by atoms with van der Waals surface area (Å²) in [4.78, 5) is 0. The van der Waals surface area contributed by atoms with Gasteiger partial charge in [-0.2, -0.15) is 5.10 Å². The first-order valence-electron chi connectivity index (χ1n) is 9.93. The molecular formula is C21H37N3O2Si. The molecule has 2 N–H and O–H groups in total. The van der Waals surface area contributed by atoms with Gasteiger partial charge in [0, 0.05) is 32.7 Å². The van der Waals surface area contributed by atoms with Gasteiger partial charge in [-0.05, 0) is 30.0 Å². The van der Waals surface area contributed by atoms with Gasteiger partial charge in [-0.3, -0.25) is 0 Å². The van der Waals surface area contributed by atoms with Crippen molar-refractivity contribution < 1.29 is 9.84 Å². The monoisotopic (exact) mass is 391 g/mol. The number of aromatic nitrogens is 2. The van der Waals surface area contributed by atoms with Crippen molar-refractivity contribution >= 4 is 19.0 Å². The summed E-state index contributed by atoms with van der Waals surface area (Å²) >= 11 is 0. The Kier molecular flexibility index (Phi) is 7.25. The lowest BCUT2D eigenvalue weighted by molar-refractivity contribution is 0.0817. The minimum Gasteiger partial charge on any atom is -0.387 e. The molecule has 1 aromatic heterocycles. The fourth-order valence-corrected chi connectivity index (χ4v) is 3.51. The van der Waals surface area contributed by atoms with Crippen molar-refractivity contribution in [3.8, 4) is 0 Å². The fourth-order valence-electron chi connectivity index (χ4n) is 2.75. The van der Waals surface area contributed by atoms with Crippen LogP contribution in [0.3, 0.4) is 0 Å². The quantitative estimate of drug-likeness (QED) is 0.491. The van der Waals surface area contributed by atoms with Crippen molar-refractivity contribution in [3.63, 3.8) is 0 Å². The van der Waals surface area contributed by atoms with Gasteiger partial charge in [-0.25, -0.2) is 4.68 Å². The Morgan fingerprint density at radius 2 is 1.96 bits per heavy atom. The average molecular weight is 392 g/mol. The molecule has 0 unspecified atom stereocenters. The molecule has 0 radical (unpaired) electrons. The first-order chi connectivity index (χ1) is 12.5. The van der Waals surface area contributed by atoms with Gasteiger partial charge in [0.25, 0.3) is 0 Å². The van der Waals surface area contributed by atoms with E-state index in [0.29, 0.717) is 19.3 Å². The zero-order valence-electron chi connectivity index (χ0n) is 18.0. The van der Waals surface area contributed by atoms with Gasteiger partial charge >= 0.3 is 0 Å². The van der Waals surface area contributed by atoms with Crippen LogP contribution >= 0.6 is 0 Å². The maximum atomic E-state index is 10.7. The van der Waals surface area contributed by atoms with E-state index in [1.807, 2.05) is 29.1 Å². The number of hydrogen-bond acceptors (Lipinski definition) is 4. The second-order valence-electron chi connectivity index (χ2n) is 9.78. The molecule has 0 fully saturated rings. The molecule has 27 heavy (non-hydrogen) atoms. The first-order valence-corrected chi connectivity index (χ1v) is 13.6. The van der Waals surface area contributed by atoms with Crippen LogP contribution in [0.2, 0.25) is 25.7 Å². The predicted molar refractivity (Wildman–Crippen MR) is 116 cm³/mol. The van der Waals surface area contributed by atoms with Crippen LogP contribution in [0.5, 0.6) is 0 Å². The first kappa shape index (κ1) is 22.1. The number of benzene rings is 1. The second kappa shape index (κ2) is 8.86. The van der Waals surface area contributed by atoms with Crippen molar-refractivity contribution in [2.45, 2.75) is 72.3 Å². The van der Waals surface area contributed by atoms with Crippen LogP contribution in [0.15, 0.2) is 24.4 Å². The molecular weight excluding hydrogens is 354 g/mol. The van der Waals surface area contributed by atoms with Crippen LogP contribution in [0, 0.1) is 5.41 Å². The van der Waals surface area contributed by atoms with Crippen LogP contribution in [-0.4, -0.2) is 42.2 Å². The van der Waals surface area contributed by atoms with Crippen molar-refractivity contribution in [1.29, 1.82) is 0 Å². The molecule has 6 heteroatoms. The normalized spacial score (nSPS) is 15.3. The molecule has 0 aliphatic carbocycles. The molecule has 5 nitrogen and oxygen atoms in total. The lowest BCUT2D eigenvalue weighted by atomic mass is 9.88. The summed E-state index contributed by atoms with van der Waals surface area (Å²) < 4.78 is 7.72. The number of ether oxygens (including phenoxy) is 1. The number of rotatable bonds is 9. The topological polar surface area (TPSA) is 59.3 Å². The van der Waals surface area contributed by atoms with Crippen LogP contribution < -0.4 is 5.32 Å². The summed E-state index contributed by atoms with van der Waals surface area (Å²) in [6.45, 7) is 17.5. The molecule has 0 saturated carbocycles. The highest BCUT2D eigenvalue weighted by Gasteiger charge is 2.21. The maximum Gasteiger partial charge on any atom is 0.139 e. The summed E-state index contributed by atoms with van der Waals surface area (Å²) in [5.74, 6) is 0. The molecule has 2 atom stereocenters. The van der Waals surface area contributed by atoms with E-state index in [1.54, 1.807) is 0 Å². The van der Waals surface area contributed by atoms with E-state index in [4.69, 9.17) is 4.74 Å². The fraction of sp³-hybridized carbons (Fsp3) is 0.667. The Morgan fingerprint density at radius 1 is 1.26 bits per heavy atom. The molecule has 152 valence electrons. The zero-order chi connectivity index (χ0) is 20.2. The molecule has 0 bridgehead atoms. The molecule has 0 spiro atoms. The van der Waals surface area contributed by atoms with Gasteiger partial charge in [0.1, 0.15) is 6.73 Å². The van der Waals surface area contributed by atoms with Crippen molar-refractivity contribution in [3.05, 3.63) is 30.0 Å². The van der Waals surface area contributed by atoms with E-state index in [9.17, 15) is 5.11 Å². The van der Waals surface area contributed by atoms with E-state index in [0.717, 1.165) is 29.1 Å². The Balaban J connectivity index is 2.03. The highest BCUT2D eigenvalue weighted by molar-refractivity contribution is 6.76. The van der Waals surface area contributed by atoms with E-state index in [-0.39, 0.29) is 5.41 Å². The third kappa shape index (κ3) is 6.42. The van der Waals surface area contributed by atoms with Crippen LogP contribution in [0.25, 0.3) is 10.9 Å². The highest BCUT2D eigenvalue weighted by Crippen LogP contribution is 2.25. The Bertz CT molecular complexity index is 731. The van der Waals surface area contributed by atoms with Gasteiger partial charge < -0.3 is 15.2 Å². The maximum absolute atomic E-state index is 10.7. The highest BCUT2D eigenvalue weighted by atomic mass is 28.3. The molecule has 1 heterocycles. The summed E-state index contributed by atoms with van der Waals surface area (Å²) in [5, 5.41) is 19.6. The lowest BCUT2D eigenvalue weighted by Gasteiger charge is -2.29. The third-order valence-corrected chi connectivity index (χ3v) is 6.91. The Hall–Kier alpha value is -1.21. The van der Waals surface area contributed by atoms with E-state index in [2.05, 4.69) is 57.8 Å². The Labute approximate surface area is 165 Å². The molecule has 0 amide bonds. The average Bonchev–Trinajstić information content (AvgIpc) is 2.97. The summed E-state index contributed by atoms with van der Waals surface area (Å²) in [6.07, 6.45) is 1.27. The minimum absolute atomic E-state index is 0.157. The smallest absolute Gasteiger partial charge is 0.139 e. The minimum atomic E-state index is -1.08. The molecule has 2 aromatic rings. The largest absolute Gasteiger partial charge is 0.387 e. The second-order valence-corrected chi connectivity index (χ2v) is 15.4. The number of nitrogens with one attached hydrogen (secondary N) is 1. The molecule has 0 aliphatic heterocycles. The van der Waals surface area contributed by atoms with Crippen LogP contribution in [0.4, 0.5) is 0 Å². The number of aliphatic hydroxyl groups is 1. The summed E-state index contributed by atoms with van der Waals surface area (Å²) in [7, 11) is -1.08. The van der Waals surface area contributed by atoms with Gasteiger partial charge in [-0.1, -0.05) is 52.5 Å². The Morgan fingerprint density at radius 3 is 2.59 bits per heavy atom. The standard InChI is InChI=1S/C21H37N3O2Si/c1-16(21(2,3)4)22-14-20(25)17-9-8-10-19-18(17)13-23-24(19)15-26-11-12-27(5,6)7/h8-10,13,16,20,22,25H,11-12,14-15H2,1-7H3/t16-,20-/m0/s1. The van der Waals surface area contributed by atoms with Crippen molar-refractivity contribution in [2.24, 2.45) is 5.41 Å². The van der Waals surface area contributed by atoms with Crippen LogP contribution in [-0.2, 0) is 11.5 Å². The van der Waals surface area contributed by atoms with Gasteiger partial charge in [0.15, 0.2) is 0 Å². The summed E-state index contributed by atoms with van der Waals surface area (Å²) in [6, 6.07) is 7.45. The van der Waals surface area contributed by atoms with E-state index < -0.39 is 14.2 Å². The predicted octanol–water partition coefficient (Wildman–Crippen LogP) is 4.41.